The van der Waals surface area contributed by atoms with Crippen LogP contribution in [0.15, 0.2) is 53.6 Å². The van der Waals surface area contributed by atoms with Gasteiger partial charge in [-0.25, -0.2) is 10.9 Å². The number of piperidine rings is 1. The molecule has 2 unspecified atom stereocenters. The summed E-state index contributed by atoms with van der Waals surface area (Å²) in [6.45, 7) is 1.21. The van der Waals surface area contributed by atoms with Crippen LogP contribution in [0.5, 0.6) is 0 Å². The Balaban J connectivity index is 1.27. The number of nitrogens with zero attached hydrogens (tertiary/aromatic N) is 2. The molecular weight excluding hydrogens is 398 g/mol. The molecule has 0 aliphatic carbocycles. The highest BCUT2D eigenvalue weighted by Gasteiger charge is 2.35. The Bertz CT molecular complexity index is 886. The van der Waals surface area contributed by atoms with E-state index in [0.29, 0.717) is 32.4 Å². The molecule has 3 heterocycles. The molecule has 158 valence electrons. The Morgan fingerprint density at radius 3 is 2.70 bits per heavy atom. The van der Waals surface area contributed by atoms with Crippen molar-refractivity contribution in [1.82, 2.24) is 20.7 Å². The van der Waals surface area contributed by atoms with Crippen LogP contribution < -0.4 is 16.2 Å². The first-order valence-corrected chi connectivity index (χ1v) is 11.5. The lowest BCUT2D eigenvalue weighted by Crippen LogP contribution is -2.49. The number of nitrogens with one attached hydrogen (secondary N) is 3. The lowest BCUT2D eigenvalue weighted by atomic mass is 9.95. The van der Waals surface area contributed by atoms with E-state index in [0.717, 1.165) is 16.3 Å². The first-order chi connectivity index (χ1) is 14.6. The van der Waals surface area contributed by atoms with Crippen molar-refractivity contribution in [2.75, 3.05) is 24.7 Å². The quantitative estimate of drug-likeness (QED) is 0.639. The lowest BCUT2D eigenvalue weighted by Gasteiger charge is -2.32. The van der Waals surface area contributed by atoms with E-state index in [2.05, 4.69) is 21.2 Å². The van der Waals surface area contributed by atoms with Crippen molar-refractivity contribution < 1.29 is 9.59 Å². The SMILES string of the molecule is CSc1cccc(NC(=O)C2CCN(C(=O)C3CC(c4ccccn4)NN3)CC2)c1. The van der Waals surface area contributed by atoms with Crippen LogP contribution in [-0.2, 0) is 9.59 Å². The molecule has 0 radical (unpaired) electrons. The van der Waals surface area contributed by atoms with Gasteiger partial charge in [-0.05, 0) is 55.9 Å². The van der Waals surface area contributed by atoms with Crippen molar-refractivity contribution in [2.45, 2.75) is 36.2 Å². The predicted octanol–water partition coefficient (Wildman–Crippen LogP) is 2.59. The van der Waals surface area contributed by atoms with Gasteiger partial charge in [-0.1, -0.05) is 12.1 Å². The Kier molecular flexibility index (Phi) is 6.66. The molecule has 7 nitrogen and oxygen atoms in total. The van der Waals surface area contributed by atoms with Crippen molar-refractivity contribution in [3.05, 3.63) is 54.4 Å². The largest absolute Gasteiger partial charge is 0.341 e. The van der Waals surface area contributed by atoms with Gasteiger partial charge in [-0.3, -0.25) is 14.6 Å². The topological polar surface area (TPSA) is 86.4 Å². The third kappa shape index (κ3) is 4.83. The fourth-order valence-electron chi connectivity index (χ4n) is 4.02. The number of likely N-dealkylation sites (tertiary alicyclic amines) is 1. The zero-order valence-electron chi connectivity index (χ0n) is 17.0. The molecule has 2 saturated heterocycles. The summed E-state index contributed by atoms with van der Waals surface area (Å²) >= 11 is 1.65. The number of hydrogen-bond acceptors (Lipinski definition) is 6. The third-order valence-electron chi connectivity index (χ3n) is 5.76. The van der Waals surface area contributed by atoms with Gasteiger partial charge in [-0.15, -0.1) is 11.8 Å². The number of benzene rings is 1. The number of rotatable bonds is 5. The number of anilines is 1. The van der Waals surface area contributed by atoms with Crippen LogP contribution in [0.1, 0.15) is 31.0 Å². The van der Waals surface area contributed by atoms with Crippen LogP contribution in [0.25, 0.3) is 0 Å². The van der Waals surface area contributed by atoms with Gasteiger partial charge < -0.3 is 10.2 Å². The molecule has 0 spiro atoms. The van der Waals surface area contributed by atoms with E-state index in [1.807, 2.05) is 53.6 Å². The van der Waals surface area contributed by atoms with Gasteiger partial charge in [0.25, 0.3) is 0 Å². The third-order valence-corrected chi connectivity index (χ3v) is 6.49. The summed E-state index contributed by atoms with van der Waals surface area (Å²) in [6.07, 6.45) is 5.82. The molecule has 1 aromatic heterocycles. The van der Waals surface area contributed by atoms with Crippen molar-refractivity contribution in [3.63, 3.8) is 0 Å². The van der Waals surface area contributed by atoms with E-state index in [1.54, 1.807) is 18.0 Å². The first-order valence-electron chi connectivity index (χ1n) is 10.3. The van der Waals surface area contributed by atoms with Crippen molar-refractivity contribution >= 4 is 29.3 Å². The van der Waals surface area contributed by atoms with E-state index in [1.165, 1.54) is 0 Å². The molecule has 2 aromatic rings. The zero-order chi connectivity index (χ0) is 20.9. The number of hydrazine groups is 1. The molecular formula is C22H27N5O2S. The van der Waals surface area contributed by atoms with E-state index in [9.17, 15) is 9.59 Å². The summed E-state index contributed by atoms with van der Waals surface area (Å²) < 4.78 is 0. The smallest absolute Gasteiger partial charge is 0.241 e. The van der Waals surface area contributed by atoms with Crippen LogP contribution in [-0.4, -0.2) is 47.1 Å². The average Bonchev–Trinajstić information content (AvgIpc) is 3.30. The standard InChI is InChI=1S/C22H27N5O2S/c1-30-17-6-4-5-16(13-17)24-21(28)15-8-11-27(12-9-15)22(29)20-14-19(25-26-20)18-7-2-3-10-23-18/h2-7,10,13,15,19-20,25-26H,8-9,11-12,14H2,1H3,(H,24,28). The highest BCUT2D eigenvalue weighted by atomic mass is 32.2. The zero-order valence-corrected chi connectivity index (χ0v) is 17.8. The van der Waals surface area contributed by atoms with Crippen molar-refractivity contribution in [3.8, 4) is 0 Å². The van der Waals surface area contributed by atoms with E-state index >= 15 is 0 Å². The number of pyridine rings is 1. The van der Waals surface area contributed by atoms with Gasteiger partial charge in [0, 0.05) is 35.8 Å². The predicted molar refractivity (Wildman–Crippen MR) is 118 cm³/mol. The summed E-state index contributed by atoms with van der Waals surface area (Å²) in [5.41, 5.74) is 8.06. The number of amides is 2. The fraction of sp³-hybridized carbons (Fsp3) is 0.409. The summed E-state index contributed by atoms with van der Waals surface area (Å²) in [7, 11) is 0. The van der Waals surface area contributed by atoms with Crippen LogP contribution in [0.4, 0.5) is 5.69 Å². The second kappa shape index (κ2) is 9.59. The molecule has 2 fully saturated rings. The number of carbonyl (C=O) groups is 2. The Labute approximate surface area is 181 Å². The highest BCUT2D eigenvalue weighted by molar-refractivity contribution is 7.98. The molecule has 30 heavy (non-hydrogen) atoms. The minimum Gasteiger partial charge on any atom is -0.341 e. The van der Waals surface area contributed by atoms with Gasteiger partial charge in [-0.2, -0.15) is 0 Å². The maximum absolute atomic E-state index is 12.9. The average molecular weight is 426 g/mol. The second-order valence-electron chi connectivity index (χ2n) is 7.70. The maximum Gasteiger partial charge on any atom is 0.241 e. The van der Waals surface area contributed by atoms with Gasteiger partial charge >= 0.3 is 0 Å². The molecule has 8 heteroatoms. The fourth-order valence-corrected chi connectivity index (χ4v) is 4.48. The monoisotopic (exact) mass is 425 g/mol. The number of aromatic nitrogens is 1. The highest BCUT2D eigenvalue weighted by Crippen LogP contribution is 2.25. The summed E-state index contributed by atoms with van der Waals surface area (Å²) in [5.74, 6) is 0.0617. The van der Waals surface area contributed by atoms with Crippen LogP contribution in [0.2, 0.25) is 0 Å². The summed E-state index contributed by atoms with van der Waals surface area (Å²) in [5, 5.41) is 3.02. The number of carbonyl (C=O) groups excluding carboxylic acids is 2. The molecule has 4 rings (SSSR count). The molecule has 2 amide bonds. The summed E-state index contributed by atoms with van der Waals surface area (Å²) in [6, 6.07) is 13.4. The van der Waals surface area contributed by atoms with Gasteiger partial charge in [0.15, 0.2) is 0 Å². The van der Waals surface area contributed by atoms with Crippen LogP contribution in [0.3, 0.4) is 0 Å². The lowest BCUT2D eigenvalue weighted by molar-refractivity contribution is -0.136. The van der Waals surface area contributed by atoms with Crippen LogP contribution >= 0.6 is 11.8 Å². The van der Waals surface area contributed by atoms with Crippen LogP contribution in [0, 0.1) is 5.92 Å². The minimum absolute atomic E-state index is 0.0283. The van der Waals surface area contributed by atoms with E-state index < -0.39 is 0 Å². The van der Waals surface area contributed by atoms with Gasteiger partial charge in [0.1, 0.15) is 6.04 Å². The Morgan fingerprint density at radius 1 is 1.13 bits per heavy atom. The van der Waals surface area contributed by atoms with Gasteiger partial charge in [0.2, 0.25) is 11.8 Å². The molecule has 1 aromatic carbocycles. The van der Waals surface area contributed by atoms with E-state index in [-0.39, 0.29) is 29.8 Å². The summed E-state index contributed by atoms with van der Waals surface area (Å²) in [4.78, 5) is 32.9. The van der Waals surface area contributed by atoms with E-state index in [4.69, 9.17) is 0 Å². The Hall–Kier alpha value is -2.42. The Morgan fingerprint density at radius 2 is 1.97 bits per heavy atom. The number of hydrogen-bond donors (Lipinski definition) is 3. The minimum atomic E-state index is -0.267. The molecule has 3 N–H and O–H groups in total. The molecule has 2 atom stereocenters. The molecule has 2 aliphatic rings. The maximum atomic E-state index is 12.9. The molecule has 0 saturated carbocycles. The molecule has 0 bridgehead atoms. The normalized spacial score (nSPS) is 22.1. The second-order valence-corrected chi connectivity index (χ2v) is 8.58. The number of thioether (sulfide) groups is 1. The first kappa shape index (κ1) is 20.8. The molecule has 2 aliphatic heterocycles. The van der Waals surface area contributed by atoms with Crippen molar-refractivity contribution in [2.24, 2.45) is 5.92 Å². The van der Waals surface area contributed by atoms with Gasteiger partial charge in [0.05, 0.1) is 11.7 Å². The van der Waals surface area contributed by atoms with Crippen molar-refractivity contribution in [1.29, 1.82) is 0 Å².